The van der Waals surface area contributed by atoms with Gasteiger partial charge in [0.15, 0.2) is 11.5 Å². The Kier molecular flexibility index (Phi) is 4.60. The van der Waals surface area contributed by atoms with E-state index in [0.717, 1.165) is 5.69 Å². The first kappa shape index (κ1) is 16.8. The molecule has 8 heteroatoms. The summed E-state index contributed by atoms with van der Waals surface area (Å²) in [6.07, 6.45) is 0. The van der Waals surface area contributed by atoms with Gasteiger partial charge in [0.1, 0.15) is 5.76 Å². The molecule has 0 bridgehead atoms. The quantitative estimate of drug-likeness (QED) is 0.625. The Labute approximate surface area is 144 Å². The summed E-state index contributed by atoms with van der Waals surface area (Å²) < 4.78 is 10.5. The van der Waals surface area contributed by atoms with Gasteiger partial charge >= 0.3 is 5.69 Å². The zero-order valence-corrected chi connectivity index (χ0v) is 14.1. The monoisotopic (exact) mass is 345 g/mol. The van der Waals surface area contributed by atoms with Crippen LogP contribution in [-0.4, -0.2) is 49.0 Å². The highest BCUT2D eigenvalue weighted by molar-refractivity contribution is 5.91. The third-order valence-electron chi connectivity index (χ3n) is 4.24. The number of furan rings is 1. The van der Waals surface area contributed by atoms with E-state index in [4.69, 9.17) is 9.15 Å². The Morgan fingerprint density at radius 1 is 1.20 bits per heavy atom. The second-order valence-corrected chi connectivity index (χ2v) is 5.80. The van der Waals surface area contributed by atoms with Gasteiger partial charge in [-0.2, -0.15) is 0 Å². The topological polar surface area (TPSA) is 89.1 Å². The number of aryl methyl sites for hydroxylation is 1. The van der Waals surface area contributed by atoms with Crippen LogP contribution in [0, 0.1) is 17.0 Å². The van der Waals surface area contributed by atoms with Crippen molar-refractivity contribution < 1.29 is 18.9 Å². The third kappa shape index (κ3) is 3.42. The molecule has 1 aromatic heterocycles. The number of amides is 1. The van der Waals surface area contributed by atoms with E-state index in [1.165, 1.54) is 13.2 Å². The predicted octanol–water partition coefficient (Wildman–Crippen LogP) is 2.47. The zero-order valence-electron chi connectivity index (χ0n) is 14.1. The fraction of sp³-hybridized carbons (Fsp3) is 0.353. The van der Waals surface area contributed by atoms with Gasteiger partial charge in [-0.05, 0) is 25.1 Å². The van der Waals surface area contributed by atoms with Gasteiger partial charge in [0.05, 0.1) is 12.0 Å². The van der Waals surface area contributed by atoms with E-state index in [2.05, 4.69) is 4.90 Å². The van der Waals surface area contributed by atoms with Gasteiger partial charge in [-0.3, -0.25) is 14.9 Å². The lowest BCUT2D eigenvalue weighted by atomic mass is 10.2. The second kappa shape index (κ2) is 6.84. The van der Waals surface area contributed by atoms with E-state index in [9.17, 15) is 14.9 Å². The number of carbonyl (C=O) groups excluding carboxylic acids is 1. The Morgan fingerprint density at radius 3 is 2.48 bits per heavy atom. The van der Waals surface area contributed by atoms with E-state index in [0.29, 0.717) is 37.7 Å². The Hall–Kier alpha value is -3.03. The van der Waals surface area contributed by atoms with E-state index < -0.39 is 4.92 Å². The van der Waals surface area contributed by atoms with Crippen molar-refractivity contribution in [3.8, 4) is 5.75 Å². The van der Waals surface area contributed by atoms with E-state index in [-0.39, 0.29) is 17.3 Å². The van der Waals surface area contributed by atoms with Crippen LogP contribution in [0.25, 0.3) is 0 Å². The first-order valence-electron chi connectivity index (χ1n) is 7.92. The summed E-state index contributed by atoms with van der Waals surface area (Å²) in [5.41, 5.74) is 0.775. The highest BCUT2D eigenvalue weighted by atomic mass is 16.6. The molecule has 0 N–H and O–H groups in total. The second-order valence-electron chi connectivity index (χ2n) is 5.80. The van der Waals surface area contributed by atoms with Crippen molar-refractivity contribution in [3.63, 3.8) is 0 Å². The summed E-state index contributed by atoms with van der Waals surface area (Å²) >= 11 is 0. The molecule has 132 valence electrons. The molecule has 1 fully saturated rings. The molecule has 0 atom stereocenters. The van der Waals surface area contributed by atoms with Crippen molar-refractivity contribution in [1.82, 2.24) is 4.90 Å². The summed E-state index contributed by atoms with van der Waals surface area (Å²) in [7, 11) is 1.41. The largest absolute Gasteiger partial charge is 0.490 e. The molecule has 0 aliphatic carbocycles. The summed E-state index contributed by atoms with van der Waals surface area (Å²) in [5.74, 6) is 1.17. The van der Waals surface area contributed by atoms with Crippen molar-refractivity contribution in [1.29, 1.82) is 0 Å². The minimum Gasteiger partial charge on any atom is -0.490 e. The van der Waals surface area contributed by atoms with Crippen molar-refractivity contribution in [2.24, 2.45) is 0 Å². The summed E-state index contributed by atoms with van der Waals surface area (Å²) in [6.45, 7) is 4.17. The highest BCUT2D eigenvalue weighted by Crippen LogP contribution is 2.31. The molecular weight excluding hydrogens is 326 g/mol. The number of hydrogen-bond acceptors (Lipinski definition) is 6. The number of hydrogen-bond donors (Lipinski definition) is 0. The standard InChI is InChI=1S/C17H19N3O5/c1-12-3-6-15(25-12)17(21)19-9-7-18(8-10-19)13-4-5-14(20(22)23)16(11-13)24-2/h3-6,11H,7-10H2,1-2H3. The van der Waals surface area contributed by atoms with Crippen LogP contribution in [0.15, 0.2) is 34.7 Å². The Morgan fingerprint density at radius 2 is 1.92 bits per heavy atom. The molecule has 0 spiro atoms. The molecule has 2 heterocycles. The van der Waals surface area contributed by atoms with Crippen molar-refractivity contribution in [2.75, 3.05) is 38.2 Å². The van der Waals surface area contributed by atoms with Crippen LogP contribution in [0.3, 0.4) is 0 Å². The first-order chi connectivity index (χ1) is 12.0. The number of nitro groups is 1. The number of rotatable bonds is 4. The van der Waals surface area contributed by atoms with Gasteiger partial charge in [-0.1, -0.05) is 0 Å². The number of benzene rings is 1. The number of carbonyl (C=O) groups is 1. The van der Waals surface area contributed by atoms with Crippen molar-refractivity contribution in [3.05, 3.63) is 52.0 Å². The summed E-state index contributed by atoms with van der Waals surface area (Å²) in [5, 5.41) is 11.0. The minimum atomic E-state index is -0.468. The number of nitro benzene ring substituents is 1. The van der Waals surface area contributed by atoms with Crippen molar-refractivity contribution >= 4 is 17.3 Å². The van der Waals surface area contributed by atoms with E-state index in [1.54, 1.807) is 36.1 Å². The normalized spacial score (nSPS) is 14.5. The Bertz CT molecular complexity index is 793. The molecule has 1 saturated heterocycles. The molecule has 0 unspecified atom stereocenters. The van der Waals surface area contributed by atoms with Gasteiger partial charge in [0.2, 0.25) is 0 Å². The number of piperazine rings is 1. The molecule has 8 nitrogen and oxygen atoms in total. The van der Waals surface area contributed by atoms with Gasteiger partial charge < -0.3 is 19.0 Å². The average molecular weight is 345 g/mol. The molecule has 1 aliphatic rings. The average Bonchev–Trinajstić information content (AvgIpc) is 3.07. The maximum absolute atomic E-state index is 12.4. The van der Waals surface area contributed by atoms with Crippen LogP contribution in [0.4, 0.5) is 11.4 Å². The fourth-order valence-electron chi connectivity index (χ4n) is 2.89. The zero-order chi connectivity index (χ0) is 18.0. The molecule has 2 aromatic rings. The van der Waals surface area contributed by atoms with Crippen LogP contribution in [-0.2, 0) is 0 Å². The summed E-state index contributed by atoms with van der Waals surface area (Å²) in [4.78, 5) is 26.7. The lowest BCUT2D eigenvalue weighted by molar-refractivity contribution is -0.385. The number of methoxy groups -OCH3 is 1. The number of ether oxygens (including phenoxy) is 1. The van der Waals surface area contributed by atoms with Crippen LogP contribution in [0.5, 0.6) is 5.75 Å². The smallest absolute Gasteiger partial charge is 0.311 e. The first-order valence-corrected chi connectivity index (χ1v) is 7.92. The molecule has 1 aromatic carbocycles. The highest BCUT2D eigenvalue weighted by Gasteiger charge is 2.25. The van der Waals surface area contributed by atoms with Crippen LogP contribution in [0.1, 0.15) is 16.3 Å². The molecule has 1 amide bonds. The van der Waals surface area contributed by atoms with Gasteiger partial charge in [0.25, 0.3) is 5.91 Å². The van der Waals surface area contributed by atoms with Crippen molar-refractivity contribution in [2.45, 2.75) is 6.92 Å². The number of nitrogens with zero attached hydrogens (tertiary/aromatic N) is 3. The van der Waals surface area contributed by atoms with Gasteiger partial charge in [-0.25, -0.2) is 0 Å². The molecule has 3 rings (SSSR count). The lowest BCUT2D eigenvalue weighted by Crippen LogP contribution is -2.48. The summed E-state index contributed by atoms with van der Waals surface area (Å²) in [6, 6.07) is 8.26. The molecule has 0 saturated carbocycles. The lowest BCUT2D eigenvalue weighted by Gasteiger charge is -2.35. The number of anilines is 1. The maximum Gasteiger partial charge on any atom is 0.311 e. The molecule has 25 heavy (non-hydrogen) atoms. The van der Waals surface area contributed by atoms with E-state index >= 15 is 0 Å². The maximum atomic E-state index is 12.4. The molecular formula is C17H19N3O5. The SMILES string of the molecule is COc1cc(N2CCN(C(=O)c3ccc(C)o3)CC2)ccc1[N+](=O)[O-]. The predicted molar refractivity (Wildman–Crippen MR) is 91.2 cm³/mol. The van der Waals surface area contributed by atoms with Crippen LogP contribution >= 0.6 is 0 Å². The Balaban J connectivity index is 1.68. The van der Waals surface area contributed by atoms with E-state index in [1.807, 2.05) is 0 Å². The molecule has 1 aliphatic heterocycles. The third-order valence-corrected chi connectivity index (χ3v) is 4.24. The van der Waals surface area contributed by atoms with Gasteiger partial charge in [-0.15, -0.1) is 0 Å². The minimum absolute atomic E-state index is 0.0618. The van der Waals surface area contributed by atoms with Crippen LogP contribution < -0.4 is 9.64 Å². The molecule has 0 radical (unpaired) electrons. The van der Waals surface area contributed by atoms with Gasteiger partial charge in [0, 0.05) is 44.0 Å². The fourth-order valence-corrected chi connectivity index (χ4v) is 2.89. The van der Waals surface area contributed by atoms with Crippen LogP contribution in [0.2, 0.25) is 0 Å².